The van der Waals surface area contributed by atoms with Crippen molar-refractivity contribution in [1.82, 2.24) is 9.80 Å². The Kier molecular flexibility index (Phi) is 10.6. The molecular formula is C21H36N2O3. The van der Waals surface area contributed by atoms with Gasteiger partial charge in [0.25, 0.3) is 0 Å². The van der Waals surface area contributed by atoms with Crippen LogP contribution in [0.2, 0.25) is 0 Å². The van der Waals surface area contributed by atoms with Crippen LogP contribution in [0.15, 0.2) is 36.6 Å². The van der Waals surface area contributed by atoms with Crippen molar-refractivity contribution in [3.05, 3.63) is 36.6 Å². The molecule has 5 heteroatoms. The lowest BCUT2D eigenvalue weighted by Gasteiger charge is -2.32. The van der Waals surface area contributed by atoms with E-state index >= 15 is 0 Å². The Morgan fingerprint density at radius 3 is 2.38 bits per heavy atom. The van der Waals surface area contributed by atoms with E-state index in [0.29, 0.717) is 13.1 Å². The molecule has 0 spiro atoms. The number of rotatable bonds is 5. The van der Waals surface area contributed by atoms with Crippen LogP contribution in [0.5, 0.6) is 0 Å². The van der Waals surface area contributed by atoms with Crippen LogP contribution in [-0.2, 0) is 9.53 Å². The van der Waals surface area contributed by atoms with Crippen molar-refractivity contribution in [2.45, 2.75) is 73.0 Å². The second-order valence-corrected chi connectivity index (χ2v) is 6.93. The number of allylic oxidation sites excluding steroid dienone is 4. The Morgan fingerprint density at radius 1 is 1.31 bits per heavy atom. The lowest BCUT2D eigenvalue weighted by molar-refractivity contribution is -0.127. The summed E-state index contributed by atoms with van der Waals surface area (Å²) in [6.45, 7) is 17.8. The maximum atomic E-state index is 12.4. The largest absolute Gasteiger partial charge is 0.444 e. The van der Waals surface area contributed by atoms with Gasteiger partial charge in [-0.3, -0.25) is 4.79 Å². The van der Waals surface area contributed by atoms with E-state index < -0.39 is 5.60 Å². The van der Waals surface area contributed by atoms with Gasteiger partial charge in [0.2, 0.25) is 5.91 Å². The predicted octanol–water partition coefficient (Wildman–Crippen LogP) is 4.91. The second kappa shape index (κ2) is 11.6. The van der Waals surface area contributed by atoms with Gasteiger partial charge in [-0.1, -0.05) is 32.6 Å². The minimum atomic E-state index is -0.524. The van der Waals surface area contributed by atoms with Crippen molar-refractivity contribution in [3.8, 4) is 0 Å². The molecule has 0 aromatic carbocycles. The van der Waals surface area contributed by atoms with E-state index in [1.807, 2.05) is 53.7 Å². The molecule has 1 saturated heterocycles. The lowest BCUT2D eigenvalue weighted by atomic mass is 10.2. The number of amides is 2. The van der Waals surface area contributed by atoms with E-state index in [2.05, 4.69) is 6.58 Å². The van der Waals surface area contributed by atoms with E-state index in [4.69, 9.17) is 4.74 Å². The van der Waals surface area contributed by atoms with Gasteiger partial charge < -0.3 is 14.5 Å². The van der Waals surface area contributed by atoms with E-state index in [-0.39, 0.29) is 18.0 Å². The van der Waals surface area contributed by atoms with Gasteiger partial charge in [-0.25, -0.2) is 4.79 Å². The predicted molar refractivity (Wildman–Crippen MR) is 108 cm³/mol. The highest BCUT2D eigenvalue weighted by molar-refractivity contribution is 5.76. The zero-order chi connectivity index (χ0) is 20.3. The molecule has 148 valence electrons. The third kappa shape index (κ3) is 7.89. The standard InChI is InChI=1S/C19H30N2O3.C2H6/c1-7-10-16(11-8-2)21(15(3)22)14-17-12-9-13-20(17)18(23)24-19(4,5)6;1-2/h7-8,10-11,17H,1,9,12-14H2,2-6H3;1-2H3/b11-8-,16-10+;/t17-;/m0./s1. The molecule has 2 amide bonds. The van der Waals surface area contributed by atoms with Crippen molar-refractivity contribution in [3.63, 3.8) is 0 Å². The zero-order valence-corrected chi connectivity index (χ0v) is 17.5. The van der Waals surface area contributed by atoms with Crippen LogP contribution >= 0.6 is 0 Å². The van der Waals surface area contributed by atoms with Crippen molar-refractivity contribution in [1.29, 1.82) is 0 Å². The summed E-state index contributed by atoms with van der Waals surface area (Å²) in [5, 5.41) is 0. The van der Waals surface area contributed by atoms with Crippen molar-refractivity contribution >= 4 is 12.0 Å². The normalized spacial score (nSPS) is 17.6. The molecule has 1 atom stereocenters. The van der Waals surface area contributed by atoms with Crippen LogP contribution < -0.4 is 0 Å². The summed E-state index contributed by atoms with van der Waals surface area (Å²) >= 11 is 0. The van der Waals surface area contributed by atoms with E-state index in [0.717, 1.165) is 18.5 Å². The Hall–Kier alpha value is -2.04. The van der Waals surface area contributed by atoms with E-state index in [1.165, 1.54) is 6.92 Å². The fraction of sp³-hybridized carbons (Fsp3) is 0.619. The Morgan fingerprint density at radius 2 is 1.92 bits per heavy atom. The Bertz CT molecular complexity index is 530. The third-order valence-corrected chi connectivity index (χ3v) is 3.72. The number of ether oxygens (including phenoxy) is 1. The number of likely N-dealkylation sites (tertiary alicyclic amines) is 1. The zero-order valence-electron chi connectivity index (χ0n) is 17.5. The van der Waals surface area contributed by atoms with E-state index in [9.17, 15) is 9.59 Å². The molecule has 1 heterocycles. The first-order valence-electron chi connectivity index (χ1n) is 9.42. The summed E-state index contributed by atoms with van der Waals surface area (Å²) in [6, 6.07) is -0.0396. The summed E-state index contributed by atoms with van der Waals surface area (Å²) in [4.78, 5) is 27.9. The van der Waals surface area contributed by atoms with Crippen molar-refractivity contribution in [2.75, 3.05) is 13.1 Å². The molecule has 0 unspecified atom stereocenters. The smallest absolute Gasteiger partial charge is 0.410 e. The molecule has 0 aromatic heterocycles. The first-order chi connectivity index (χ1) is 12.2. The van der Waals surface area contributed by atoms with Crippen LogP contribution in [0.25, 0.3) is 0 Å². The van der Waals surface area contributed by atoms with Gasteiger partial charge in [-0.2, -0.15) is 0 Å². The first-order valence-corrected chi connectivity index (χ1v) is 9.42. The number of hydrogen-bond donors (Lipinski definition) is 0. The van der Waals surface area contributed by atoms with Gasteiger partial charge in [0.05, 0.1) is 6.04 Å². The van der Waals surface area contributed by atoms with Gasteiger partial charge in [-0.05, 0) is 52.7 Å². The quantitative estimate of drug-likeness (QED) is 0.652. The minimum Gasteiger partial charge on any atom is -0.444 e. The van der Waals surface area contributed by atoms with Gasteiger partial charge >= 0.3 is 6.09 Å². The van der Waals surface area contributed by atoms with Gasteiger partial charge in [-0.15, -0.1) is 0 Å². The molecule has 0 radical (unpaired) electrons. The second-order valence-electron chi connectivity index (χ2n) is 6.93. The molecule has 1 rings (SSSR count). The topological polar surface area (TPSA) is 49.9 Å². The molecule has 1 aliphatic heterocycles. The molecule has 1 fully saturated rings. The lowest BCUT2D eigenvalue weighted by Crippen LogP contribution is -2.46. The highest BCUT2D eigenvalue weighted by Gasteiger charge is 2.34. The average molecular weight is 365 g/mol. The fourth-order valence-corrected chi connectivity index (χ4v) is 2.74. The molecular weight excluding hydrogens is 328 g/mol. The highest BCUT2D eigenvalue weighted by Crippen LogP contribution is 2.23. The minimum absolute atomic E-state index is 0.0396. The number of nitrogens with zero attached hydrogens (tertiary/aromatic N) is 2. The van der Waals surface area contributed by atoms with Crippen molar-refractivity contribution in [2.24, 2.45) is 0 Å². The molecule has 5 nitrogen and oxygen atoms in total. The third-order valence-electron chi connectivity index (χ3n) is 3.72. The van der Waals surface area contributed by atoms with Crippen LogP contribution in [-0.4, -0.2) is 46.5 Å². The highest BCUT2D eigenvalue weighted by atomic mass is 16.6. The number of hydrogen-bond acceptors (Lipinski definition) is 3. The molecule has 0 aliphatic carbocycles. The monoisotopic (exact) mass is 364 g/mol. The maximum absolute atomic E-state index is 12.4. The molecule has 0 N–H and O–H groups in total. The fourth-order valence-electron chi connectivity index (χ4n) is 2.74. The van der Waals surface area contributed by atoms with Gasteiger partial charge in [0, 0.05) is 25.7 Å². The molecule has 26 heavy (non-hydrogen) atoms. The van der Waals surface area contributed by atoms with Crippen LogP contribution in [0, 0.1) is 0 Å². The summed E-state index contributed by atoms with van der Waals surface area (Å²) in [5.41, 5.74) is 0.250. The SMILES string of the molecule is C=C/C=C(\C=C/C)N(C[C@@H]1CCCN1C(=O)OC(C)(C)C)C(C)=O.CC. The molecule has 1 aliphatic rings. The number of carbonyl (C=O) groups excluding carboxylic acids is 2. The molecule has 0 saturated carbocycles. The molecule has 0 aromatic rings. The van der Waals surface area contributed by atoms with Crippen molar-refractivity contribution < 1.29 is 14.3 Å². The average Bonchev–Trinajstić information content (AvgIpc) is 3.01. The first kappa shape index (κ1) is 24.0. The Balaban J connectivity index is 0.00000301. The summed E-state index contributed by atoms with van der Waals surface area (Å²) in [6.07, 6.45) is 8.68. The maximum Gasteiger partial charge on any atom is 0.410 e. The summed E-state index contributed by atoms with van der Waals surface area (Å²) in [5.74, 6) is -0.0581. The summed E-state index contributed by atoms with van der Waals surface area (Å²) in [7, 11) is 0. The number of carbonyl (C=O) groups is 2. The van der Waals surface area contributed by atoms with Gasteiger partial charge in [0.1, 0.15) is 5.60 Å². The molecule has 0 bridgehead atoms. The summed E-state index contributed by atoms with van der Waals surface area (Å²) < 4.78 is 5.49. The van der Waals surface area contributed by atoms with Gasteiger partial charge in [0.15, 0.2) is 0 Å². The van der Waals surface area contributed by atoms with E-state index in [1.54, 1.807) is 22.0 Å². The van der Waals surface area contributed by atoms with Crippen LogP contribution in [0.1, 0.15) is 61.3 Å². The van der Waals surface area contributed by atoms with Crippen LogP contribution in [0.4, 0.5) is 4.79 Å². The Labute approximate surface area is 159 Å². The van der Waals surface area contributed by atoms with Crippen LogP contribution in [0.3, 0.4) is 0 Å².